The minimum atomic E-state index is -0.712. The van der Waals surface area contributed by atoms with Gasteiger partial charge in [0, 0.05) is 0 Å². The molecule has 0 aromatic heterocycles. The molecule has 2 radical (unpaired) electrons. The summed E-state index contributed by atoms with van der Waals surface area (Å²) in [5, 5.41) is 4.97. The molecule has 2 unspecified atom stereocenters. The van der Waals surface area contributed by atoms with Crippen LogP contribution in [0.5, 0.6) is 0 Å². The Balaban J connectivity index is 1.25. The van der Waals surface area contributed by atoms with Crippen molar-refractivity contribution in [2.75, 3.05) is 0 Å². The molecule has 0 heterocycles. The van der Waals surface area contributed by atoms with Gasteiger partial charge >= 0.3 is 0 Å². The molecular weight excluding hydrogens is 603 g/mol. The van der Waals surface area contributed by atoms with Crippen LogP contribution in [-0.2, 0) is 8.99 Å². The molecule has 45 heavy (non-hydrogen) atoms. The lowest BCUT2D eigenvalue weighted by Crippen LogP contribution is -2.40. The molecule has 8 rings (SSSR count). The van der Waals surface area contributed by atoms with Crippen molar-refractivity contribution < 1.29 is 0 Å². The van der Waals surface area contributed by atoms with Crippen LogP contribution in [0.2, 0.25) is 0 Å². The Kier molecular flexibility index (Phi) is 6.56. The molecule has 6 aromatic rings. The number of rotatable bonds is 4. The number of benzene rings is 6. The van der Waals surface area contributed by atoms with Crippen LogP contribution in [0.25, 0.3) is 54.9 Å². The van der Waals surface area contributed by atoms with Crippen LogP contribution in [0.3, 0.4) is 0 Å². The topological polar surface area (TPSA) is 0 Å². The summed E-state index contributed by atoms with van der Waals surface area (Å²) in [4.78, 5) is 0. The second-order valence-corrected chi connectivity index (χ2v) is 16.0. The van der Waals surface area contributed by atoms with Crippen LogP contribution in [0.15, 0.2) is 132 Å². The molecule has 0 bridgehead atoms. The highest BCUT2D eigenvalue weighted by atomic mass is 35.5. The third-order valence-corrected chi connectivity index (χ3v) is 13.8. The van der Waals surface area contributed by atoms with Crippen molar-refractivity contribution in [2.45, 2.75) is 36.7 Å². The Bertz CT molecular complexity index is 2110. The lowest BCUT2D eigenvalue weighted by molar-refractivity contribution is 0.925. The first-order chi connectivity index (χ1) is 21.7. The van der Waals surface area contributed by atoms with Gasteiger partial charge in [0.25, 0.3) is 0 Å². The molecule has 3 heteroatoms. The zero-order valence-corrected chi connectivity index (χ0v) is 28.3. The molecule has 218 valence electrons. The van der Waals surface area contributed by atoms with Crippen molar-refractivity contribution in [3.8, 4) is 22.3 Å². The summed E-state index contributed by atoms with van der Waals surface area (Å²) in [5.41, 5.74) is 14.5. The molecule has 0 N–H and O–H groups in total. The molecule has 0 spiro atoms. The molecule has 0 aliphatic heterocycles. The maximum absolute atomic E-state index is 7.92. The minimum Gasteiger partial charge on any atom is -0.114 e. The largest absolute Gasteiger partial charge is 0.118 e. The average Bonchev–Trinajstić information content (AvgIpc) is 3.38. The smallest absolute Gasteiger partial charge is 0.114 e. The quantitative estimate of drug-likeness (QED) is 0.134. The van der Waals surface area contributed by atoms with Crippen LogP contribution < -0.4 is 0 Å². The van der Waals surface area contributed by atoms with Gasteiger partial charge in [0.15, 0.2) is 0 Å². The standard InChI is InChI=1S/C42H32Cl2Si/c1-25-27(3)41(43,37-17-9-15-35(39(25)37)33-21-19-29-11-5-7-13-31(29)23-33)45-42(44)28(4)26(2)40-36(16-10-18-38(40)42)34-22-20-30-12-6-8-14-32(30)24-34/h5-24H,1-4H3. The van der Waals surface area contributed by atoms with E-state index in [1.807, 2.05) is 0 Å². The summed E-state index contributed by atoms with van der Waals surface area (Å²) in [6.45, 7) is 8.85. The maximum Gasteiger partial charge on any atom is 0.118 e. The molecule has 0 amide bonds. The van der Waals surface area contributed by atoms with Crippen LogP contribution in [0, 0.1) is 0 Å². The monoisotopic (exact) mass is 634 g/mol. The van der Waals surface area contributed by atoms with Crippen LogP contribution >= 0.6 is 23.2 Å². The van der Waals surface area contributed by atoms with Crippen molar-refractivity contribution in [2.24, 2.45) is 0 Å². The number of hydrogen-bond donors (Lipinski definition) is 0. The van der Waals surface area contributed by atoms with Crippen LogP contribution in [0.4, 0.5) is 0 Å². The third-order valence-electron chi connectivity index (χ3n) is 10.2. The minimum absolute atomic E-state index is 0.204. The summed E-state index contributed by atoms with van der Waals surface area (Å²) in [6, 6.07) is 43.8. The number of fused-ring (bicyclic) bond motifs is 4. The van der Waals surface area contributed by atoms with Crippen molar-refractivity contribution in [1.29, 1.82) is 0 Å². The van der Waals surface area contributed by atoms with E-state index in [0.29, 0.717) is 0 Å². The van der Waals surface area contributed by atoms with E-state index in [-0.39, 0.29) is 9.52 Å². The van der Waals surface area contributed by atoms with Gasteiger partial charge in [-0.15, -0.1) is 23.2 Å². The first-order valence-corrected chi connectivity index (χ1v) is 17.3. The van der Waals surface area contributed by atoms with Crippen molar-refractivity contribution in [1.82, 2.24) is 0 Å². The normalized spacial score (nSPS) is 20.8. The van der Waals surface area contributed by atoms with E-state index in [4.69, 9.17) is 23.2 Å². The van der Waals surface area contributed by atoms with E-state index in [1.54, 1.807) is 0 Å². The zero-order valence-electron chi connectivity index (χ0n) is 25.8. The molecule has 2 aliphatic rings. The molecule has 0 saturated carbocycles. The van der Waals surface area contributed by atoms with E-state index >= 15 is 0 Å². The molecule has 0 fully saturated rings. The third kappa shape index (κ3) is 4.18. The van der Waals surface area contributed by atoms with E-state index in [9.17, 15) is 0 Å². The Morgan fingerprint density at radius 1 is 0.444 bits per heavy atom. The predicted octanol–water partition coefficient (Wildman–Crippen LogP) is 12.1. The summed E-state index contributed by atoms with van der Waals surface area (Å²) >= 11 is 15.8. The molecule has 2 aliphatic carbocycles. The average molecular weight is 636 g/mol. The molecule has 0 saturated heterocycles. The number of allylic oxidation sites excluding steroid dienone is 4. The van der Waals surface area contributed by atoms with Crippen LogP contribution in [0.1, 0.15) is 49.9 Å². The number of alkyl halides is 2. The second kappa shape index (κ2) is 10.3. The van der Waals surface area contributed by atoms with Crippen LogP contribution in [-0.4, -0.2) is 9.52 Å². The molecular formula is C42H32Cl2Si. The lowest BCUT2D eigenvalue weighted by atomic mass is 9.93. The van der Waals surface area contributed by atoms with Gasteiger partial charge in [-0.1, -0.05) is 109 Å². The first kappa shape index (κ1) is 28.6. The van der Waals surface area contributed by atoms with Gasteiger partial charge in [-0.2, -0.15) is 0 Å². The van der Waals surface area contributed by atoms with E-state index in [1.165, 1.54) is 77.2 Å². The Morgan fingerprint density at radius 2 is 0.844 bits per heavy atom. The Labute approximate surface area is 277 Å². The van der Waals surface area contributed by atoms with Crippen molar-refractivity contribution in [3.63, 3.8) is 0 Å². The van der Waals surface area contributed by atoms with E-state index in [2.05, 4.69) is 149 Å². The fraction of sp³-hybridized carbons (Fsp3) is 0.143. The fourth-order valence-electron chi connectivity index (χ4n) is 7.54. The molecule has 6 aromatic carbocycles. The van der Waals surface area contributed by atoms with Crippen molar-refractivity contribution in [3.05, 3.63) is 155 Å². The van der Waals surface area contributed by atoms with E-state index in [0.717, 1.165) is 11.1 Å². The maximum atomic E-state index is 7.92. The fourth-order valence-corrected chi connectivity index (χ4v) is 11.0. The second-order valence-electron chi connectivity index (χ2n) is 12.5. The van der Waals surface area contributed by atoms with Gasteiger partial charge in [0.2, 0.25) is 0 Å². The van der Waals surface area contributed by atoms with Gasteiger partial charge in [-0.25, -0.2) is 0 Å². The SMILES string of the molecule is CC1=C(C)C(Cl)([Si]C2(Cl)C(C)=C(C)c3c(-c4ccc5ccccc5c4)cccc32)c2cccc(-c3ccc4ccccc4c3)c21. The summed E-state index contributed by atoms with van der Waals surface area (Å²) < 4.78 is -1.42. The summed E-state index contributed by atoms with van der Waals surface area (Å²) in [6.07, 6.45) is 0. The van der Waals surface area contributed by atoms with Crippen molar-refractivity contribution >= 4 is 65.4 Å². The van der Waals surface area contributed by atoms with Gasteiger partial charge in [-0.05, 0) is 128 Å². The highest BCUT2D eigenvalue weighted by Gasteiger charge is 2.52. The summed E-state index contributed by atoms with van der Waals surface area (Å²) in [5.74, 6) is 0. The Morgan fingerprint density at radius 3 is 1.27 bits per heavy atom. The van der Waals surface area contributed by atoms with Gasteiger partial charge in [0.1, 0.15) is 9.52 Å². The van der Waals surface area contributed by atoms with E-state index < -0.39 is 8.99 Å². The molecule has 2 atom stereocenters. The van der Waals surface area contributed by atoms with Gasteiger partial charge < -0.3 is 0 Å². The zero-order chi connectivity index (χ0) is 31.1. The predicted molar refractivity (Wildman–Crippen MR) is 196 cm³/mol. The highest BCUT2D eigenvalue weighted by Crippen LogP contribution is 2.58. The summed E-state index contributed by atoms with van der Waals surface area (Å²) in [7, 11) is 0.204. The number of hydrogen-bond acceptors (Lipinski definition) is 0. The first-order valence-electron chi connectivity index (χ1n) is 15.5. The number of halogens is 2. The molecule has 0 nitrogen and oxygen atoms in total. The highest BCUT2D eigenvalue weighted by molar-refractivity contribution is 6.70. The lowest BCUT2D eigenvalue weighted by Gasteiger charge is -2.35. The Hall–Kier alpha value is -3.88. The van der Waals surface area contributed by atoms with Gasteiger partial charge in [-0.3, -0.25) is 0 Å². The van der Waals surface area contributed by atoms with Gasteiger partial charge in [0.05, 0.1) is 8.99 Å².